The van der Waals surface area contributed by atoms with Gasteiger partial charge in [-0.15, -0.1) is 0 Å². The number of aryl methyl sites for hydroxylation is 1. The molecule has 106 valence electrons. The van der Waals surface area contributed by atoms with Crippen molar-refractivity contribution in [2.45, 2.75) is 25.9 Å². The summed E-state index contributed by atoms with van der Waals surface area (Å²) in [6, 6.07) is 7.65. The Labute approximate surface area is 114 Å². The van der Waals surface area contributed by atoms with Crippen LogP contribution in [0.15, 0.2) is 24.3 Å². The molecule has 5 heteroatoms. The average molecular weight is 284 g/mol. The Hall–Kier alpha value is -1.07. The molecule has 0 spiro atoms. The fraction of sp³-hybridized carbons (Fsp3) is 0.571. The normalized spacial score (nSPS) is 20.9. The maximum Gasteiger partial charge on any atom is 0.150 e. The minimum absolute atomic E-state index is 0.0209. The van der Waals surface area contributed by atoms with Gasteiger partial charge in [-0.1, -0.05) is 18.2 Å². The van der Waals surface area contributed by atoms with Gasteiger partial charge in [-0.25, -0.2) is 8.42 Å². The fourth-order valence-corrected chi connectivity index (χ4v) is 3.85. The van der Waals surface area contributed by atoms with Crippen molar-refractivity contribution in [3.8, 4) is 5.75 Å². The second-order valence-electron chi connectivity index (χ2n) is 5.13. The van der Waals surface area contributed by atoms with Crippen molar-refractivity contribution < 1.29 is 18.3 Å². The molecule has 0 radical (unpaired) electrons. The summed E-state index contributed by atoms with van der Waals surface area (Å²) in [4.78, 5) is 0. The van der Waals surface area contributed by atoms with E-state index in [1.54, 1.807) is 0 Å². The van der Waals surface area contributed by atoms with E-state index in [1.807, 2.05) is 31.2 Å². The molecular weight excluding hydrogens is 264 g/mol. The van der Waals surface area contributed by atoms with Crippen LogP contribution in [0.2, 0.25) is 0 Å². The number of aliphatic hydroxyl groups excluding tert-OH is 1. The van der Waals surface area contributed by atoms with Crippen molar-refractivity contribution in [3.63, 3.8) is 0 Å². The van der Waals surface area contributed by atoms with Crippen LogP contribution in [-0.2, 0) is 9.84 Å². The number of aliphatic hydroxyl groups is 1. The number of hydrogen-bond acceptors (Lipinski definition) is 4. The third-order valence-corrected chi connectivity index (χ3v) is 5.36. The summed E-state index contributed by atoms with van der Waals surface area (Å²) in [5.41, 5.74) is 1.03. The van der Waals surface area contributed by atoms with Crippen molar-refractivity contribution in [2.24, 2.45) is 5.92 Å². The Morgan fingerprint density at radius 2 is 1.95 bits per heavy atom. The Bertz CT molecular complexity index is 510. The first kappa shape index (κ1) is 14.3. The van der Waals surface area contributed by atoms with Gasteiger partial charge in [0.15, 0.2) is 0 Å². The minimum Gasteiger partial charge on any atom is -0.491 e. The van der Waals surface area contributed by atoms with E-state index in [4.69, 9.17) is 4.74 Å². The van der Waals surface area contributed by atoms with Gasteiger partial charge in [0.1, 0.15) is 22.2 Å². The van der Waals surface area contributed by atoms with E-state index in [1.165, 1.54) is 0 Å². The lowest BCUT2D eigenvalue weighted by Crippen LogP contribution is -2.34. The zero-order valence-corrected chi connectivity index (χ0v) is 11.9. The summed E-state index contributed by atoms with van der Waals surface area (Å²) in [6.45, 7) is 2.17. The fourth-order valence-electron chi connectivity index (χ4n) is 2.32. The van der Waals surface area contributed by atoms with Gasteiger partial charge in [0, 0.05) is 0 Å². The highest BCUT2D eigenvalue weighted by molar-refractivity contribution is 7.91. The smallest absolute Gasteiger partial charge is 0.150 e. The number of sulfone groups is 1. The number of ether oxygens (including phenoxy) is 1. The van der Waals surface area contributed by atoms with Crippen LogP contribution in [0.4, 0.5) is 0 Å². The molecule has 1 unspecified atom stereocenters. The van der Waals surface area contributed by atoms with Gasteiger partial charge in [-0.2, -0.15) is 0 Å². The molecule has 0 saturated carbocycles. The van der Waals surface area contributed by atoms with Gasteiger partial charge in [0.2, 0.25) is 0 Å². The Balaban J connectivity index is 1.85. The molecule has 0 bridgehead atoms. The van der Waals surface area contributed by atoms with Gasteiger partial charge in [-0.05, 0) is 37.3 Å². The van der Waals surface area contributed by atoms with E-state index in [2.05, 4.69) is 0 Å². The molecule has 1 heterocycles. The molecule has 1 aromatic carbocycles. The van der Waals surface area contributed by atoms with Gasteiger partial charge in [-0.3, -0.25) is 0 Å². The van der Waals surface area contributed by atoms with E-state index >= 15 is 0 Å². The van der Waals surface area contributed by atoms with E-state index in [0.29, 0.717) is 12.8 Å². The lowest BCUT2D eigenvalue weighted by atomic mass is 9.96. The van der Waals surface area contributed by atoms with Gasteiger partial charge in [0.05, 0.1) is 17.6 Å². The maximum absolute atomic E-state index is 11.3. The van der Waals surface area contributed by atoms with Crippen LogP contribution in [0.25, 0.3) is 0 Å². The van der Waals surface area contributed by atoms with Crippen LogP contribution in [0.1, 0.15) is 18.4 Å². The summed E-state index contributed by atoms with van der Waals surface area (Å²) in [5, 5.41) is 10.1. The molecular formula is C14H20O4S. The Morgan fingerprint density at radius 1 is 1.32 bits per heavy atom. The van der Waals surface area contributed by atoms with E-state index in [0.717, 1.165) is 11.3 Å². The number of rotatable bonds is 4. The van der Waals surface area contributed by atoms with Crippen molar-refractivity contribution in [1.29, 1.82) is 0 Å². The van der Waals surface area contributed by atoms with Crippen LogP contribution in [-0.4, -0.2) is 37.7 Å². The van der Waals surface area contributed by atoms with Gasteiger partial charge < -0.3 is 9.84 Å². The number of hydrogen-bond donors (Lipinski definition) is 1. The molecule has 1 N–H and O–H groups in total. The minimum atomic E-state index is -2.87. The summed E-state index contributed by atoms with van der Waals surface area (Å²) >= 11 is 0. The Morgan fingerprint density at radius 3 is 2.58 bits per heavy atom. The third kappa shape index (κ3) is 3.94. The molecule has 0 amide bonds. The summed E-state index contributed by atoms with van der Waals surface area (Å²) in [7, 11) is -2.87. The van der Waals surface area contributed by atoms with Crippen molar-refractivity contribution in [1.82, 2.24) is 0 Å². The van der Waals surface area contributed by atoms with Crippen molar-refractivity contribution in [2.75, 3.05) is 18.1 Å². The summed E-state index contributed by atoms with van der Waals surface area (Å²) in [6.07, 6.45) is 0.455. The monoisotopic (exact) mass is 284 g/mol. The van der Waals surface area contributed by atoms with Crippen LogP contribution >= 0.6 is 0 Å². The van der Waals surface area contributed by atoms with Crippen LogP contribution in [0, 0.1) is 12.8 Å². The van der Waals surface area contributed by atoms with E-state index in [-0.39, 0.29) is 24.0 Å². The molecule has 19 heavy (non-hydrogen) atoms. The first-order chi connectivity index (χ1) is 8.98. The number of para-hydroxylation sites is 1. The Kier molecular flexibility index (Phi) is 4.47. The highest BCUT2D eigenvalue weighted by Gasteiger charge is 2.28. The largest absolute Gasteiger partial charge is 0.491 e. The molecule has 1 atom stereocenters. The van der Waals surface area contributed by atoms with Crippen molar-refractivity contribution in [3.05, 3.63) is 29.8 Å². The molecule has 1 aliphatic heterocycles. The van der Waals surface area contributed by atoms with Crippen LogP contribution in [0.5, 0.6) is 5.75 Å². The zero-order chi connectivity index (χ0) is 13.9. The molecule has 1 fully saturated rings. The zero-order valence-electron chi connectivity index (χ0n) is 11.1. The van der Waals surface area contributed by atoms with E-state index < -0.39 is 15.9 Å². The van der Waals surface area contributed by atoms with Gasteiger partial charge in [0.25, 0.3) is 0 Å². The molecule has 0 aromatic heterocycles. The maximum atomic E-state index is 11.3. The highest BCUT2D eigenvalue weighted by Crippen LogP contribution is 2.23. The summed E-state index contributed by atoms with van der Waals surface area (Å²) < 4.78 is 28.3. The first-order valence-corrected chi connectivity index (χ1v) is 8.37. The van der Waals surface area contributed by atoms with Crippen LogP contribution < -0.4 is 4.74 Å². The second kappa shape index (κ2) is 5.92. The molecule has 0 aliphatic carbocycles. The molecule has 4 nitrogen and oxygen atoms in total. The average Bonchev–Trinajstić information content (AvgIpc) is 2.37. The SMILES string of the molecule is Cc1ccccc1OCC(O)C1CCS(=O)(=O)CC1. The highest BCUT2D eigenvalue weighted by atomic mass is 32.2. The predicted molar refractivity (Wildman–Crippen MR) is 74.1 cm³/mol. The van der Waals surface area contributed by atoms with Gasteiger partial charge >= 0.3 is 0 Å². The van der Waals surface area contributed by atoms with Crippen LogP contribution in [0.3, 0.4) is 0 Å². The summed E-state index contributed by atoms with van der Waals surface area (Å²) in [5.74, 6) is 1.15. The lowest BCUT2D eigenvalue weighted by Gasteiger charge is -2.26. The number of benzene rings is 1. The molecule has 1 aromatic rings. The second-order valence-corrected chi connectivity index (χ2v) is 7.44. The third-order valence-electron chi connectivity index (χ3n) is 3.65. The molecule has 1 aliphatic rings. The lowest BCUT2D eigenvalue weighted by molar-refractivity contribution is 0.0526. The van der Waals surface area contributed by atoms with E-state index in [9.17, 15) is 13.5 Å². The quantitative estimate of drug-likeness (QED) is 0.911. The molecule has 1 saturated heterocycles. The van der Waals surface area contributed by atoms with Crippen molar-refractivity contribution >= 4 is 9.84 Å². The molecule has 2 rings (SSSR count). The standard InChI is InChI=1S/C14H20O4S/c1-11-4-2-3-5-14(11)18-10-13(15)12-6-8-19(16,17)9-7-12/h2-5,12-13,15H,6-10H2,1H3. The first-order valence-electron chi connectivity index (χ1n) is 6.55. The topological polar surface area (TPSA) is 63.6 Å². The predicted octanol–water partition coefficient (Wildman–Crippen LogP) is 1.56.